The maximum atomic E-state index is 13.5. The number of ether oxygens (including phenoxy) is 1. The molecule has 0 bridgehead atoms. The van der Waals surface area contributed by atoms with Crippen LogP contribution in [0.25, 0.3) is 0 Å². The van der Waals surface area contributed by atoms with Crippen molar-refractivity contribution in [3.63, 3.8) is 0 Å². The Morgan fingerprint density at radius 3 is 2.46 bits per heavy atom. The van der Waals surface area contributed by atoms with Crippen molar-refractivity contribution in [1.29, 1.82) is 5.26 Å². The highest BCUT2D eigenvalue weighted by molar-refractivity contribution is 5.94. The van der Waals surface area contributed by atoms with E-state index in [-0.39, 0.29) is 38.0 Å². The van der Waals surface area contributed by atoms with E-state index in [1.807, 2.05) is 6.07 Å². The summed E-state index contributed by atoms with van der Waals surface area (Å²) >= 11 is 0. The zero-order chi connectivity index (χ0) is 26.1. The van der Waals surface area contributed by atoms with Crippen LogP contribution in [0.5, 0.6) is 0 Å². The molecule has 0 spiro atoms. The van der Waals surface area contributed by atoms with E-state index in [9.17, 15) is 37.6 Å². The summed E-state index contributed by atoms with van der Waals surface area (Å²) in [5.74, 6) is -4.94. The number of alkyl halides is 3. The van der Waals surface area contributed by atoms with Gasteiger partial charge in [-0.2, -0.15) is 18.4 Å². The van der Waals surface area contributed by atoms with E-state index in [1.165, 1.54) is 25.7 Å². The van der Waals surface area contributed by atoms with Gasteiger partial charge in [0.2, 0.25) is 17.7 Å². The molecular formula is C22H30F3N5O5. The number of carbonyl (C=O) groups is 4. The van der Waals surface area contributed by atoms with Crippen LogP contribution in [-0.4, -0.2) is 79.1 Å². The van der Waals surface area contributed by atoms with Crippen molar-refractivity contribution < 1.29 is 37.1 Å². The number of nitrogens with one attached hydrogen (secondary N) is 3. The number of rotatable bonds is 6. The van der Waals surface area contributed by atoms with Crippen LogP contribution in [0.1, 0.15) is 33.6 Å². The Bertz CT molecular complexity index is 913. The highest BCUT2D eigenvalue weighted by atomic mass is 19.4. The Hall–Kier alpha value is -2.88. The minimum Gasteiger partial charge on any atom is -0.381 e. The number of carbonyl (C=O) groups excluding carboxylic acids is 4. The van der Waals surface area contributed by atoms with Crippen molar-refractivity contribution in [2.45, 2.75) is 57.9 Å². The first-order valence-corrected chi connectivity index (χ1v) is 11.5. The van der Waals surface area contributed by atoms with Crippen molar-refractivity contribution in [1.82, 2.24) is 20.9 Å². The summed E-state index contributed by atoms with van der Waals surface area (Å²) in [5.41, 5.74) is -1.09. The fraction of sp³-hybridized carbons (Fsp3) is 0.773. The van der Waals surface area contributed by atoms with Crippen LogP contribution < -0.4 is 16.0 Å². The molecule has 3 aliphatic rings. The van der Waals surface area contributed by atoms with Crippen LogP contribution >= 0.6 is 0 Å². The van der Waals surface area contributed by atoms with Gasteiger partial charge in [0.15, 0.2) is 0 Å². The van der Waals surface area contributed by atoms with Crippen molar-refractivity contribution >= 4 is 23.6 Å². The Morgan fingerprint density at radius 2 is 1.91 bits per heavy atom. The highest BCUT2D eigenvalue weighted by Crippen LogP contribution is 2.37. The molecule has 194 valence electrons. The topological polar surface area (TPSA) is 141 Å². The van der Waals surface area contributed by atoms with E-state index in [2.05, 4.69) is 10.6 Å². The monoisotopic (exact) mass is 501 g/mol. The smallest absolute Gasteiger partial charge is 0.381 e. The van der Waals surface area contributed by atoms with Gasteiger partial charge in [-0.25, -0.2) is 0 Å². The minimum atomic E-state index is -5.18. The molecule has 0 aromatic heterocycles. The molecule has 10 nitrogen and oxygen atoms in total. The Morgan fingerprint density at radius 1 is 1.23 bits per heavy atom. The Balaban J connectivity index is 1.81. The molecule has 3 rings (SSSR count). The predicted molar refractivity (Wildman–Crippen MR) is 114 cm³/mol. The van der Waals surface area contributed by atoms with Gasteiger partial charge in [-0.1, -0.05) is 20.8 Å². The van der Waals surface area contributed by atoms with E-state index >= 15 is 0 Å². The standard InChI is InChI=1S/C22H30F3N5O5/c1-21(2,3)16(29-20(34)22(23,24)25)19(33)30-8-12-9-35-10-14(12)15(30)18(32)28-13(7-26)6-11-4-5-27-17(11)31/h11-16H,4-6,8-10H2,1-3H3,(H,27,31)(H,28,32)(H,29,34)/t11-,12+,13-,14-,15-,16+/m0/s1. The summed E-state index contributed by atoms with van der Waals surface area (Å²) in [7, 11) is 0. The molecule has 13 heteroatoms. The van der Waals surface area contributed by atoms with Gasteiger partial charge in [0.25, 0.3) is 0 Å². The maximum absolute atomic E-state index is 13.5. The van der Waals surface area contributed by atoms with Crippen LogP contribution in [0, 0.1) is 34.5 Å². The van der Waals surface area contributed by atoms with Gasteiger partial charge >= 0.3 is 12.1 Å². The molecule has 3 aliphatic heterocycles. The molecule has 35 heavy (non-hydrogen) atoms. The largest absolute Gasteiger partial charge is 0.471 e. The minimum absolute atomic E-state index is 0.0678. The number of halogens is 3. The lowest BCUT2D eigenvalue weighted by molar-refractivity contribution is -0.176. The van der Waals surface area contributed by atoms with Crippen molar-refractivity contribution in [3.8, 4) is 6.07 Å². The van der Waals surface area contributed by atoms with E-state index in [4.69, 9.17) is 4.74 Å². The number of fused-ring (bicyclic) bond motifs is 1. The number of nitrogens with zero attached hydrogens (tertiary/aromatic N) is 2. The molecule has 0 aromatic carbocycles. The second kappa shape index (κ2) is 10.0. The van der Waals surface area contributed by atoms with Gasteiger partial charge < -0.3 is 25.6 Å². The second-order valence-corrected chi connectivity index (χ2v) is 10.4. The molecule has 0 unspecified atom stereocenters. The zero-order valence-electron chi connectivity index (χ0n) is 19.8. The maximum Gasteiger partial charge on any atom is 0.471 e. The Kier molecular flexibility index (Phi) is 7.64. The molecule has 4 amide bonds. The fourth-order valence-electron chi connectivity index (χ4n) is 4.90. The SMILES string of the molecule is CC(C)(C)[C@H](NC(=O)C(F)(F)F)C(=O)N1C[C@@H]2COC[C@@H]2[C@H]1C(=O)N[C@H](C#N)C[C@@H]1CCNC1=O. The molecule has 0 saturated carbocycles. The molecule has 0 aliphatic carbocycles. The number of hydrogen-bond donors (Lipinski definition) is 3. The van der Waals surface area contributed by atoms with Gasteiger partial charge in [-0.05, 0) is 18.3 Å². The third kappa shape index (κ3) is 5.86. The van der Waals surface area contributed by atoms with Crippen LogP contribution in [0.4, 0.5) is 13.2 Å². The van der Waals surface area contributed by atoms with Crippen molar-refractivity contribution in [2.75, 3.05) is 26.3 Å². The van der Waals surface area contributed by atoms with Gasteiger partial charge in [0.05, 0.1) is 19.3 Å². The number of nitriles is 1. The van der Waals surface area contributed by atoms with Crippen LogP contribution in [0.3, 0.4) is 0 Å². The molecule has 0 aromatic rings. The molecule has 3 fully saturated rings. The third-order valence-electron chi connectivity index (χ3n) is 6.77. The molecular weight excluding hydrogens is 471 g/mol. The van der Waals surface area contributed by atoms with E-state index in [0.29, 0.717) is 13.0 Å². The van der Waals surface area contributed by atoms with E-state index < -0.39 is 59.3 Å². The molecule has 6 atom stereocenters. The average molecular weight is 502 g/mol. The summed E-state index contributed by atoms with van der Waals surface area (Å²) in [6.07, 6.45) is -4.54. The lowest BCUT2D eigenvalue weighted by Gasteiger charge is -2.36. The molecule has 0 radical (unpaired) electrons. The predicted octanol–water partition coefficient (Wildman–Crippen LogP) is 0.0876. The highest BCUT2D eigenvalue weighted by Gasteiger charge is 2.53. The summed E-state index contributed by atoms with van der Waals surface area (Å²) in [6.45, 7) is 5.54. The van der Waals surface area contributed by atoms with Gasteiger partial charge in [0, 0.05) is 30.8 Å². The second-order valence-electron chi connectivity index (χ2n) is 10.4. The Labute approximate surface area is 200 Å². The van der Waals surface area contributed by atoms with Crippen LogP contribution in [0.15, 0.2) is 0 Å². The third-order valence-corrected chi connectivity index (χ3v) is 6.77. The van der Waals surface area contributed by atoms with Crippen LogP contribution in [0.2, 0.25) is 0 Å². The zero-order valence-corrected chi connectivity index (χ0v) is 19.8. The lowest BCUT2D eigenvalue weighted by atomic mass is 9.85. The first-order chi connectivity index (χ1) is 16.2. The summed E-state index contributed by atoms with van der Waals surface area (Å²) in [4.78, 5) is 51.5. The number of hydrogen-bond acceptors (Lipinski definition) is 6. The summed E-state index contributed by atoms with van der Waals surface area (Å²) < 4.78 is 44.2. The number of amides is 4. The van der Waals surface area contributed by atoms with E-state index in [1.54, 1.807) is 5.32 Å². The van der Waals surface area contributed by atoms with E-state index in [0.717, 1.165) is 0 Å². The fourth-order valence-corrected chi connectivity index (χ4v) is 4.90. The van der Waals surface area contributed by atoms with Crippen LogP contribution in [-0.2, 0) is 23.9 Å². The average Bonchev–Trinajstić information content (AvgIpc) is 3.45. The normalized spacial score (nSPS) is 28.0. The van der Waals surface area contributed by atoms with Gasteiger partial charge in [-0.3, -0.25) is 19.2 Å². The molecule has 3 N–H and O–H groups in total. The van der Waals surface area contributed by atoms with Gasteiger partial charge in [-0.15, -0.1) is 0 Å². The van der Waals surface area contributed by atoms with Crippen molar-refractivity contribution in [3.05, 3.63) is 0 Å². The summed E-state index contributed by atoms with van der Waals surface area (Å²) in [5, 5.41) is 16.6. The van der Waals surface area contributed by atoms with Crippen molar-refractivity contribution in [2.24, 2.45) is 23.2 Å². The number of likely N-dealkylation sites (tertiary alicyclic amines) is 1. The first-order valence-electron chi connectivity index (χ1n) is 11.5. The molecule has 3 heterocycles. The van der Waals surface area contributed by atoms with Gasteiger partial charge in [0.1, 0.15) is 18.1 Å². The molecule has 3 saturated heterocycles. The lowest BCUT2D eigenvalue weighted by Crippen LogP contribution is -2.60. The summed E-state index contributed by atoms with van der Waals surface area (Å²) in [6, 6.07) is -1.65. The quantitative estimate of drug-likeness (QED) is 0.471. The first kappa shape index (κ1) is 26.7.